The van der Waals surface area contributed by atoms with Crippen LogP contribution in [0, 0.1) is 6.92 Å². The van der Waals surface area contributed by atoms with Gasteiger partial charge in [0, 0.05) is 5.56 Å². The summed E-state index contributed by atoms with van der Waals surface area (Å²) in [5.74, 6) is 0.585. The molecule has 0 fully saturated rings. The molecule has 2 nitrogen and oxygen atoms in total. The highest BCUT2D eigenvalue weighted by Crippen LogP contribution is 2.29. The van der Waals surface area contributed by atoms with E-state index in [1.54, 1.807) is 6.07 Å². The van der Waals surface area contributed by atoms with Gasteiger partial charge in [-0.15, -0.1) is 0 Å². The van der Waals surface area contributed by atoms with Crippen LogP contribution in [0.2, 0.25) is 0 Å². The van der Waals surface area contributed by atoms with Crippen LogP contribution in [-0.4, -0.2) is 6.47 Å². The first-order chi connectivity index (χ1) is 7.81. The Morgan fingerprint density at radius 2 is 1.69 bits per heavy atom. The number of carbonyl (C=O) groups excluding carboxylic acids is 1. The second kappa shape index (κ2) is 4.62. The predicted octanol–water partition coefficient (Wildman–Crippen LogP) is 3.20. The smallest absolute Gasteiger partial charge is 0.298 e. The minimum atomic E-state index is 0.451. The monoisotopic (exact) mass is 212 g/mol. The maximum atomic E-state index is 10.4. The molecule has 2 heteroatoms. The number of benzene rings is 2. The Morgan fingerprint density at radius 1 is 1.00 bits per heavy atom. The summed E-state index contributed by atoms with van der Waals surface area (Å²) in [5, 5.41) is 0. The number of aryl methyl sites for hydroxylation is 1. The number of ether oxygens (including phenoxy) is 1. The van der Waals surface area contributed by atoms with Gasteiger partial charge in [-0.05, 0) is 18.6 Å². The fraction of sp³-hybridized carbons (Fsp3) is 0.0714. The maximum absolute atomic E-state index is 10.4. The summed E-state index contributed by atoms with van der Waals surface area (Å²) < 4.78 is 4.94. The quantitative estimate of drug-likeness (QED) is 0.730. The summed E-state index contributed by atoms with van der Waals surface area (Å²) in [6, 6.07) is 15.6. The Morgan fingerprint density at radius 3 is 2.38 bits per heavy atom. The molecular formula is C14H12O2. The van der Waals surface area contributed by atoms with Crippen molar-refractivity contribution < 1.29 is 9.53 Å². The Kier molecular flexibility index (Phi) is 3.01. The Balaban J connectivity index is 2.46. The molecule has 0 saturated carbocycles. The largest absolute Gasteiger partial charge is 0.428 e. The molecule has 0 spiro atoms. The van der Waals surface area contributed by atoms with Crippen molar-refractivity contribution in [1.82, 2.24) is 0 Å². The van der Waals surface area contributed by atoms with Gasteiger partial charge in [0.1, 0.15) is 5.75 Å². The first-order valence-electron chi connectivity index (χ1n) is 5.07. The Labute approximate surface area is 94.5 Å². The topological polar surface area (TPSA) is 26.3 Å². The number of para-hydroxylation sites is 1. The van der Waals surface area contributed by atoms with E-state index in [-0.39, 0.29) is 0 Å². The molecule has 2 aromatic carbocycles. The van der Waals surface area contributed by atoms with E-state index in [2.05, 4.69) is 0 Å². The Bertz CT molecular complexity index is 486. The molecule has 2 aromatic rings. The van der Waals surface area contributed by atoms with E-state index in [1.807, 2.05) is 49.4 Å². The zero-order valence-electron chi connectivity index (χ0n) is 9.01. The van der Waals surface area contributed by atoms with Crippen molar-refractivity contribution in [3.63, 3.8) is 0 Å². The van der Waals surface area contributed by atoms with E-state index < -0.39 is 0 Å². The molecule has 80 valence electrons. The molecule has 16 heavy (non-hydrogen) atoms. The summed E-state index contributed by atoms with van der Waals surface area (Å²) >= 11 is 0. The van der Waals surface area contributed by atoms with Crippen LogP contribution in [0.3, 0.4) is 0 Å². The minimum Gasteiger partial charge on any atom is -0.428 e. The summed E-state index contributed by atoms with van der Waals surface area (Å²) in [7, 11) is 0. The van der Waals surface area contributed by atoms with Crippen LogP contribution < -0.4 is 4.74 Å². The van der Waals surface area contributed by atoms with Crippen LogP contribution in [0.5, 0.6) is 5.75 Å². The molecule has 0 saturated heterocycles. The summed E-state index contributed by atoms with van der Waals surface area (Å²) in [4.78, 5) is 10.4. The van der Waals surface area contributed by atoms with Crippen molar-refractivity contribution in [2.45, 2.75) is 6.92 Å². The second-order valence-corrected chi connectivity index (χ2v) is 3.58. The van der Waals surface area contributed by atoms with Gasteiger partial charge >= 0.3 is 0 Å². The molecule has 0 atom stereocenters. The van der Waals surface area contributed by atoms with Gasteiger partial charge in [0.25, 0.3) is 6.47 Å². The van der Waals surface area contributed by atoms with E-state index in [9.17, 15) is 4.79 Å². The molecule has 0 aromatic heterocycles. The molecule has 0 aliphatic rings. The highest BCUT2D eigenvalue weighted by Gasteiger charge is 2.04. The maximum Gasteiger partial charge on any atom is 0.298 e. The normalized spacial score (nSPS) is 9.81. The number of carbonyl (C=O) groups is 1. The standard InChI is InChI=1S/C14H12O2/c1-11-6-8-12(9-7-11)13-4-2-3-5-14(13)16-10-15/h2-10H,1H3. The van der Waals surface area contributed by atoms with E-state index in [0.29, 0.717) is 12.2 Å². The first-order valence-corrected chi connectivity index (χ1v) is 5.07. The van der Waals surface area contributed by atoms with E-state index >= 15 is 0 Å². The number of rotatable bonds is 3. The molecule has 0 N–H and O–H groups in total. The van der Waals surface area contributed by atoms with Gasteiger partial charge in [0.2, 0.25) is 0 Å². The highest BCUT2D eigenvalue weighted by molar-refractivity contribution is 5.72. The van der Waals surface area contributed by atoms with E-state index in [1.165, 1.54) is 5.56 Å². The summed E-state index contributed by atoms with van der Waals surface area (Å²) in [5.41, 5.74) is 3.18. The van der Waals surface area contributed by atoms with Crippen molar-refractivity contribution >= 4 is 6.47 Å². The summed E-state index contributed by atoms with van der Waals surface area (Å²) in [6.45, 7) is 2.49. The average molecular weight is 212 g/mol. The number of hydrogen-bond acceptors (Lipinski definition) is 2. The molecule has 0 amide bonds. The first kappa shape index (κ1) is 10.4. The molecule has 0 heterocycles. The molecule has 0 aliphatic heterocycles. The van der Waals surface area contributed by atoms with Gasteiger partial charge in [0.05, 0.1) is 0 Å². The van der Waals surface area contributed by atoms with Crippen LogP contribution in [0.15, 0.2) is 48.5 Å². The van der Waals surface area contributed by atoms with Crippen molar-refractivity contribution in [2.24, 2.45) is 0 Å². The zero-order chi connectivity index (χ0) is 11.4. The zero-order valence-corrected chi connectivity index (χ0v) is 9.01. The third kappa shape index (κ3) is 2.11. The molecule has 2 rings (SSSR count). The SMILES string of the molecule is Cc1ccc(-c2ccccc2OC=O)cc1. The Hall–Kier alpha value is -2.09. The van der Waals surface area contributed by atoms with Gasteiger partial charge < -0.3 is 4.74 Å². The lowest BCUT2D eigenvalue weighted by Gasteiger charge is -2.07. The van der Waals surface area contributed by atoms with Crippen LogP contribution in [0.4, 0.5) is 0 Å². The van der Waals surface area contributed by atoms with Crippen molar-refractivity contribution in [3.8, 4) is 16.9 Å². The van der Waals surface area contributed by atoms with Crippen LogP contribution in [-0.2, 0) is 4.79 Å². The van der Waals surface area contributed by atoms with Gasteiger partial charge in [-0.2, -0.15) is 0 Å². The van der Waals surface area contributed by atoms with Crippen LogP contribution in [0.25, 0.3) is 11.1 Å². The van der Waals surface area contributed by atoms with Crippen LogP contribution >= 0.6 is 0 Å². The lowest BCUT2D eigenvalue weighted by atomic mass is 10.0. The minimum absolute atomic E-state index is 0.451. The van der Waals surface area contributed by atoms with Gasteiger partial charge in [-0.1, -0.05) is 48.0 Å². The number of hydrogen-bond donors (Lipinski definition) is 0. The highest BCUT2D eigenvalue weighted by atomic mass is 16.5. The van der Waals surface area contributed by atoms with Crippen molar-refractivity contribution in [1.29, 1.82) is 0 Å². The van der Waals surface area contributed by atoms with Crippen molar-refractivity contribution in [3.05, 3.63) is 54.1 Å². The molecule has 0 radical (unpaired) electrons. The fourth-order valence-corrected chi connectivity index (χ4v) is 1.59. The third-order valence-corrected chi connectivity index (χ3v) is 2.42. The summed E-state index contributed by atoms with van der Waals surface area (Å²) in [6.07, 6.45) is 0. The molecular weight excluding hydrogens is 200 g/mol. The van der Waals surface area contributed by atoms with Crippen molar-refractivity contribution in [2.75, 3.05) is 0 Å². The van der Waals surface area contributed by atoms with Gasteiger partial charge in [-0.25, -0.2) is 0 Å². The molecule has 0 bridgehead atoms. The third-order valence-electron chi connectivity index (χ3n) is 2.42. The predicted molar refractivity (Wildman–Crippen MR) is 63.3 cm³/mol. The average Bonchev–Trinajstić information content (AvgIpc) is 2.32. The van der Waals surface area contributed by atoms with E-state index in [0.717, 1.165) is 11.1 Å². The lowest BCUT2D eigenvalue weighted by Crippen LogP contribution is -1.91. The van der Waals surface area contributed by atoms with E-state index in [4.69, 9.17) is 4.74 Å². The second-order valence-electron chi connectivity index (χ2n) is 3.58. The van der Waals surface area contributed by atoms with Gasteiger partial charge in [0.15, 0.2) is 0 Å². The van der Waals surface area contributed by atoms with Gasteiger partial charge in [-0.3, -0.25) is 4.79 Å². The lowest BCUT2D eigenvalue weighted by molar-refractivity contribution is -0.120. The van der Waals surface area contributed by atoms with Crippen LogP contribution in [0.1, 0.15) is 5.56 Å². The molecule has 0 unspecified atom stereocenters. The fourth-order valence-electron chi connectivity index (χ4n) is 1.59. The molecule has 0 aliphatic carbocycles.